The van der Waals surface area contributed by atoms with Crippen molar-refractivity contribution in [1.29, 1.82) is 0 Å². The van der Waals surface area contributed by atoms with Crippen LogP contribution in [0, 0.1) is 12.8 Å². The highest BCUT2D eigenvalue weighted by atomic mass is 79.9. The molecule has 1 aromatic carbocycles. The maximum atomic E-state index is 5.93. The number of aryl methyl sites for hydroxylation is 1. The van der Waals surface area contributed by atoms with Crippen LogP contribution in [0.25, 0.3) is 0 Å². The molecule has 4 heteroatoms. The number of nitrogens with zero attached hydrogens (tertiary/aromatic N) is 1. The van der Waals surface area contributed by atoms with E-state index in [4.69, 9.17) is 10.5 Å². The van der Waals surface area contributed by atoms with Gasteiger partial charge in [0.15, 0.2) is 0 Å². The SMILES string of the molecule is COCC1CCCN(c2cc(C)c(N)cc2Br)C1. The molecule has 18 heavy (non-hydrogen) atoms. The normalized spacial score (nSPS) is 20.2. The molecule has 1 aliphatic heterocycles. The van der Waals surface area contributed by atoms with Crippen LogP contribution >= 0.6 is 15.9 Å². The number of halogens is 1. The monoisotopic (exact) mass is 312 g/mol. The second-order valence-corrected chi connectivity index (χ2v) is 5.92. The molecule has 0 aliphatic carbocycles. The Labute approximate surface area is 117 Å². The Morgan fingerprint density at radius 3 is 3.00 bits per heavy atom. The summed E-state index contributed by atoms with van der Waals surface area (Å²) in [6, 6.07) is 4.18. The van der Waals surface area contributed by atoms with Gasteiger partial charge in [-0.3, -0.25) is 0 Å². The minimum Gasteiger partial charge on any atom is -0.398 e. The fourth-order valence-corrected chi connectivity index (χ4v) is 3.19. The van der Waals surface area contributed by atoms with Gasteiger partial charge in [-0.1, -0.05) is 0 Å². The lowest BCUT2D eigenvalue weighted by molar-refractivity contribution is 0.143. The van der Waals surface area contributed by atoms with Crippen molar-refractivity contribution in [2.75, 3.05) is 37.4 Å². The molecule has 1 heterocycles. The number of hydrogen-bond acceptors (Lipinski definition) is 3. The summed E-state index contributed by atoms with van der Waals surface area (Å²) in [5.41, 5.74) is 9.16. The van der Waals surface area contributed by atoms with Crippen LogP contribution in [0.15, 0.2) is 16.6 Å². The second-order valence-electron chi connectivity index (χ2n) is 5.07. The molecule has 1 saturated heterocycles. The summed E-state index contributed by atoms with van der Waals surface area (Å²) in [7, 11) is 1.78. The Bertz CT molecular complexity index is 421. The van der Waals surface area contributed by atoms with Gasteiger partial charge in [0.25, 0.3) is 0 Å². The van der Waals surface area contributed by atoms with Crippen LogP contribution in [-0.4, -0.2) is 26.8 Å². The lowest BCUT2D eigenvalue weighted by atomic mass is 9.98. The van der Waals surface area contributed by atoms with Crippen molar-refractivity contribution in [3.63, 3.8) is 0 Å². The van der Waals surface area contributed by atoms with E-state index in [1.54, 1.807) is 7.11 Å². The molecule has 2 rings (SSSR count). The molecule has 0 amide bonds. The summed E-state index contributed by atoms with van der Waals surface area (Å²) in [6.07, 6.45) is 2.49. The van der Waals surface area contributed by atoms with Crippen LogP contribution in [0.4, 0.5) is 11.4 Å². The lowest BCUT2D eigenvalue weighted by Crippen LogP contribution is -2.37. The molecule has 0 aromatic heterocycles. The Hall–Kier alpha value is -0.740. The van der Waals surface area contributed by atoms with Crippen LogP contribution in [-0.2, 0) is 4.74 Å². The van der Waals surface area contributed by atoms with Crippen molar-refractivity contribution < 1.29 is 4.74 Å². The van der Waals surface area contributed by atoms with Gasteiger partial charge in [0.1, 0.15) is 0 Å². The van der Waals surface area contributed by atoms with E-state index in [9.17, 15) is 0 Å². The van der Waals surface area contributed by atoms with E-state index in [1.165, 1.54) is 18.5 Å². The van der Waals surface area contributed by atoms with Crippen molar-refractivity contribution in [1.82, 2.24) is 0 Å². The lowest BCUT2D eigenvalue weighted by Gasteiger charge is -2.35. The van der Waals surface area contributed by atoms with Gasteiger partial charge in [-0.25, -0.2) is 0 Å². The molecule has 2 N–H and O–H groups in total. The highest BCUT2D eigenvalue weighted by Crippen LogP contribution is 2.33. The summed E-state index contributed by atoms with van der Waals surface area (Å²) in [5, 5.41) is 0. The molecule has 0 radical (unpaired) electrons. The Morgan fingerprint density at radius 2 is 2.28 bits per heavy atom. The highest BCUT2D eigenvalue weighted by Gasteiger charge is 2.21. The number of rotatable bonds is 3. The fraction of sp³-hybridized carbons (Fsp3) is 0.571. The average molecular weight is 313 g/mol. The third-order valence-electron chi connectivity index (χ3n) is 3.60. The topological polar surface area (TPSA) is 38.5 Å². The number of nitrogens with two attached hydrogens (primary N) is 1. The number of piperidine rings is 1. The van der Waals surface area contributed by atoms with Gasteiger partial charge >= 0.3 is 0 Å². The maximum Gasteiger partial charge on any atom is 0.0514 e. The van der Waals surface area contributed by atoms with E-state index in [1.807, 2.05) is 6.07 Å². The van der Waals surface area contributed by atoms with E-state index in [0.717, 1.165) is 35.4 Å². The molecule has 1 aromatic rings. The van der Waals surface area contributed by atoms with Crippen molar-refractivity contribution in [3.8, 4) is 0 Å². The summed E-state index contributed by atoms with van der Waals surface area (Å²) in [5.74, 6) is 0.633. The molecule has 0 saturated carbocycles. The number of nitrogen functional groups attached to an aromatic ring is 1. The minimum absolute atomic E-state index is 0.633. The molecular weight excluding hydrogens is 292 g/mol. The third-order valence-corrected chi connectivity index (χ3v) is 4.23. The predicted molar refractivity (Wildman–Crippen MR) is 80.1 cm³/mol. The summed E-state index contributed by atoms with van der Waals surface area (Å²) < 4.78 is 6.37. The van der Waals surface area contributed by atoms with Crippen molar-refractivity contribution >= 4 is 27.3 Å². The molecule has 1 atom stereocenters. The first kappa shape index (κ1) is 13.7. The van der Waals surface area contributed by atoms with E-state index >= 15 is 0 Å². The molecule has 0 bridgehead atoms. The average Bonchev–Trinajstić information content (AvgIpc) is 2.34. The first-order chi connectivity index (χ1) is 8.61. The van der Waals surface area contributed by atoms with Crippen LogP contribution in [0.2, 0.25) is 0 Å². The van der Waals surface area contributed by atoms with Crippen LogP contribution in [0.5, 0.6) is 0 Å². The van der Waals surface area contributed by atoms with E-state index in [2.05, 4.69) is 33.8 Å². The van der Waals surface area contributed by atoms with Gasteiger partial charge < -0.3 is 15.4 Å². The standard InChI is InChI=1S/C14H21BrN2O/c1-10-6-14(12(15)7-13(10)16)17-5-3-4-11(8-17)9-18-2/h6-7,11H,3-5,8-9,16H2,1-2H3. The minimum atomic E-state index is 0.633. The molecule has 1 aliphatic rings. The van der Waals surface area contributed by atoms with Crippen molar-refractivity contribution in [3.05, 3.63) is 22.2 Å². The highest BCUT2D eigenvalue weighted by molar-refractivity contribution is 9.10. The number of benzene rings is 1. The van der Waals surface area contributed by atoms with Gasteiger partial charge in [-0.05, 0) is 59.3 Å². The fourth-order valence-electron chi connectivity index (χ4n) is 2.58. The quantitative estimate of drug-likeness (QED) is 0.871. The van der Waals surface area contributed by atoms with Crippen LogP contribution < -0.4 is 10.6 Å². The van der Waals surface area contributed by atoms with Crippen molar-refractivity contribution in [2.24, 2.45) is 5.92 Å². The molecule has 3 nitrogen and oxygen atoms in total. The van der Waals surface area contributed by atoms with Crippen molar-refractivity contribution in [2.45, 2.75) is 19.8 Å². The van der Waals surface area contributed by atoms with Gasteiger partial charge in [-0.15, -0.1) is 0 Å². The zero-order chi connectivity index (χ0) is 13.1. The molecular formula is C14H21BrN2O. The molecule has 1 fully saturated rings. The Kier molecular flexibility index (Phi) is 4.51. The molecule has 1 unspecified atom stereocenters. The van der Waals surface area contributed by atoms with Gasteiger partial charge in [0.2, 0.25) is 0 Å². The maximum absolute atomic E-state index is 5.93. The van der Waals surface area contributed by atoms with Crippen LogP contribution in [0.1, 0.15) is 18.4 Å². The van der Waals surface area contributed by atoms with Gasteiger partial charge in [0.05, 0.1) is 12.3 Å². The zero-order valence-corrected chi connectivity index (χ0v) is 12.7. The number of hydrogen-bond donors (Lipinski definition) is 1. The molecule has 0 spiro atoms. The number of ether oxygens (including phenoxy) is 1. The Morgan fingerprint density at radius 1 is 1.50 bits per heavy atom. The number of anilines is 2. The summed E-state index contributed by atoms with van der Waals surface area (Å²) >= 11 is 3.62. The predicted octanol–water partition coefficient (Wildman–Crippen LogP) is 3.20. The largest absolute Gasteiger partial charge is 0.398 e. The van der Waals surface area contributed by atoms with E-state index in [-0.39, 0.29) is 0 Å². The molecule has 100 valence electrons. The Balaban J connectivity index is 2.18. The smallest absolute Gasteiger partial charge is 0.0514 e. The van der Waals surface area contributed by atoms with Gasteiger partial charge in [-0.2, -0.15) is 0 Å². The van der Waals surface area contributed by atoms with Gasteiger partial charge in [0, 0.05) is 30.4 Å². The summed E-state index contributed by atoms with van der Waals surface area (Å²) in [6.45, 7) is 5.09. The van der Waals surface area contributed by atoms with Crippen LogP contribution in [0.3, 0.4) is 0 Å². The number of methoxy groups -OCH3 is 1. The third kappa shape index (κ3) is 2.98. The summed E-state index contributed by atoms with van der Waals surface area (Å²) in [4.78, 5) is 2.43. The first-order valence-corrected chi connectivity index (χ1v) is 7.20. The zero-order valence-electron chi connectivity index (χ0n) is 11.1. The second kappa shape index (κ2) is 5.93. The first-order valence-electron chi connectivity index (χ1n) is 6.41. The van der Waals surface area contributed by atoms with E-state index in [0.29, 0.717) is 5.92 Å². The van der Waals surface area contributed by atoms with E-state index < -0.39 is 0 Å².